The van der Waals surface area contributed by atoms with E-state index in [1.807, 2.05) is 54.6 Å². The van der Waals surface area contributed by atoms with Gasteiger partial charge in [-0.25, -0.2) is 0 Å². The first-order valence-corrected chi connectivity index (χ1v) is 9.27. The molecule has 0 saturated heterocycles. The van der Waals surface area contributed by atoms with E-state index in [9.17, 15) is 5.26 Å². The summed E-state index contributed by atoms with van der Waals surface area (Å²) in [6.07, 6.45) is 1.79. The molecule has 0 spiro atoms. The molecule has 3 rings (SSSR count). The summed E-state index contributed by atoms with van der Waals surface area (Å²) >= 11 is 11.9. The van der Waals surface area contributed by atoms with Crippen molar-refractivity contribution >= 4 is 34.9 Å². The molecule has 0 atom stereocenters. The zero-order valence-electron chi connectivity index (χ0n) is 15.2. The highest BCUT2D eigenvalue weighted by Crippen LogP contribution is 2.31. The van der Waals surface area contributed by atoms with Crippen LogP contribution in [0.25, 0.3) is 11.6 Å². The number of halogens is 2. The lowest BCUT2D eigenvalue weighted by Gasteiger charge is -2.12. The van der Waals surface area contributed by atoms with E-state index in [1.54, 1.807) is 25.3 Å². The number of methoxy groups -OCH3 is 1. The number of nitriles is 1. The summed E-state index contributed by atoms with van der Waals surface area (Å²) in [6.45, 7) is 0.397. The molecule has 28 heavy (non-hydrogen) atoms. The van der Waals surface area contributed by atoms with Crippen molar-refractivity contribution in [3.05, 3.63) is 93.5 Å². The van der Waals surface area contributed by atoms with E-state index < -0.39 is 0 Å². The van der Waals surface area contributed by atoms with E-state index in [1.165, 1.54) is 0 Å². The molecule has 0 saturated carbocycles. The maximum absolute atomic E-state index is 9.52. The van der Waals surface area contributed by atoms with E-state index in [4.69, 9.17) is 32.7 Å². The number of allylic oxidation sites excluding steroid dienone is 1. The first kappa shape index (κ1) is 19.8. The van der Waals surface area contributed by atoms with Crippen molar-refractivity contribution < 1.29 is 9.47 Å². The lowest BCUT2D eigenvalue weighted by Crippen LogP contribution is -1.98. The highest BCUT2D eigenvalue weighted by Gasteiger charge is 2.08. The van der Waals surface area contributed by atoms with Crippen LogP contribution >= 0.6 is 23.2 Å². The maximum atomic E-state index is 9.52. The SMILES string of the molecule is COc1cc(/C=C(/C#N)c2cccc(Cl)c2)ccc1OCc1ccc(Cl)cc1. The highest BCUT2D eigenvalue weighted by atomic mass is 35.5. The van der Waals surface area contributed by atoms with E-state index in [-0.39, 0.29) is 0 Å². The van der Waals surface area contributed by atoms with Crippen LogP contribution in [0.4, 0.5) is 0 Å². The summed E-state index contributed by atoms with van der Waals surface area (Å²) in [7, 11) is 1.58. The van der Waals surface area contributed by atoms with Crippen molar-refractivity contribution in [2.24, 2.45) is 0 Å². The van der Waals surface area contributed by atoms with E-state index in [0.29, 0.717) is 33.7 Å². The van der Waals surface area contributed by atoms with Crippen molar-refractivity contribution in [1.29, 1.82) is 5.26 Å². The van der Waals surface area contributed by atoms with E-state index in [0.717, 1.165) is 16.7 Å². The van der Waals surface area contributed by atoms with Gasteiger partial charge in [-0.15, -0.1) is 0 Å². The Balaban J connectivity index is 1.82. The largest absolute Gasteiger partial charge is 0.493 e. The zero-order chi connectivity index (χ0) is 19.9. The summed E-state index contributed by atoms with van der Waals surface area (Å²) in [5.74, 6) is 1.21. The van der Waals surface area contributed by atoms with Crippen LogP contribution in [-0.4, -0.2) is 7.11 Å². The quantitative estimate of drug-likeness (QED) is 0.338. The number of rotatable bonds is 6. The molecule has 0 aliphatic rings. The molecule has 0 unspecified atom stereocenters. The smallest absolute Gasteiger partial charge is 0.161 e. The molecule has 5 heteroatoms. The Morgan fingerprint density at radius 3 is 2.43 bits per heavy atom. The number of hydrogen-bond acceptors (Lipinski definition) is 3. The first-order valence-electron chi connectivity index (χ1n) is 8.52. The fraction of sp³-hybridized carbons (Fsp3) is 0.0870. The van der Waals surface area contributed by atoms with Crippen LogP contribution in [0, 0.1) is 11.3 Å². The van der Waals surface area contributed by atoms with Gasteiger partial charge in [0.2, 0.25) is 0 Å². The second kappa shape index (κ2) is 9.32. The van der Waals surface area contributed by atoms with Gasteiger partial charge in [0, 0.05) is 10.0 Å². The van der Waals surface area contributed by atoms with Crippen LogP contribution in [0.1, 0.15) is 16.7 Å². The third kappa shape index (κ3) is 5.07. The Morgan fingerprint density at radius 1 is 0.964 bits per heavy atom. The van der Waals surface area contributed by atoms with Crippen LogP contribution < -0.4 is 9.47 Å². The van der Waals surface area contributed by atoms with Crippen molar-refractivity contribution in [3.8, 4) is 17.6 Å². The molecule has 0 radical (unpaired) electrons. The lowest BCUT2D eigenvalue weighted by molar-refractivity contribution is 0.284. The van der Waals surface area contributed by atoms with Crippen molar-refractivity contribution in [2.75, 3.05) is 7.11 Å². The Labute approximate surface area is 174 Å². The highest BCUT2D eigenvalue weighted by molar-refractivity contribution is 6.31. The minimum absolute atomic E-state index is 0.397. The fourth-order valence-electron chi connectivity index (χ4n) is 2.64. The van der Waals surface area contributed by atoms with Gasteiger partial charge in [-0.3, -0.25) is 0 Å². The molecule has 0 aliphatic carbocycles. The van der Waals surface area contributed by atoms with Crippen LogP contribution in [0.5, 0.6) is 11.5 Å². The van der Waals surface area contributed by atoms with Gasteiger partial charge in [-0.2, -0.15) is 5.26 Å². The van der Waals surface area contributed by atoms with Gasteiger partial charge in [-0.05, 0) is 59.2 Å². The standard InChI is InChI=1S/C23H17Cl2NO2/c1-27-23-12-17(11-19(14-26)18-3-2-4-21(25)13-18)7-10-22(23)28-15-16-5-8-20(24)9-6-16/h2-13H,15H2,1H3/b19-11-. The molecule has 3 aromatic carbocycles. The summed E-state index contributed by atoms with van der Waals surface area (Å²) in [5.41, 5.74) is 3.10. The number of ether oxygens (including phenoxy) is 2. The molecule has 3 nitrogen and oxygen atoms in total. The normalized spacial score (nSPS) is 11.0. The Kier molecular flexibility index (Phi) is 6.60. The van der Waals surface area contributed by atoms with E-state index >= 15 is 0 Å². The van der Waals surface area contributed by atoms with Crippen molar-refractivity contribution in [1.82, 2.24) is 0 Å². The number of hydrogen-bond donors (Lipinski definition) is 0. The molecule has 0 bridgehead atoms. The van der Waals surface area contributed by atoms with Gasteiger partial charge in [0.25, 0.3) is 0 Å². The molecule has 0 fully saturated rings. The third-order valence-corrected chi connectivity index (χ3v) is 4.55. The van der Waals surface area contributed by atoms with Gasteiger partial charge >= 0.3 is 0 Å². The number of benzene rings is 3. The zero-order valence-corrected chi connectivity index (χ0v) is 16.7. The van der Waals surface area contributed by atoms with E-state index in [2.05, 4.69) is 6.07 Å². The van der Waals surface area contributed by atoms with Gasteiger partial charge in [-0.1, -0.05) is 53.5 Å². The summed E-state index contributed by atoms with van der Waals surface area (Å²) in [4.78, 5) is 0. The number of nitrogens with zero attached hydrogens (tertiary/aromatic N) is 1. The summed E-state index contributed by atoms with van der Waals surface area (Å²) < 4.78 is 11.3. The van der Waals surface area contributed by atoms with Crippen LogP contribution in [0.15, 0.2) is 66.7 Å². The molecule has 0 heterocycles. The van der Waals surface area contributed by atoms with Gasteiger partial charge < -0.3 is 9.47 Å². The Morgan fingerprint density at radius 2 is 1.75 bits per heavy atom. The van der Waals surface area contributed by atoms with Gasteiger partial charge in [0.15, 0.2) is 11.5 Å². The molecular weight excluding hydrogens is 393 g/mol. The minimum Gasteiger partial charge on any atom is -0.493 e. The molecule has 140 valence electrons. The first-order chi connectivity index (χ1) is 13.6. The summed E-state index contributed by atoms with van der Waals surface area (Å²) in [5, 5.41) is 10.8. The second-order valence-electron chi connectivity index (χ2n) is 6.01. The lowest BCUT2D eigenvalue weighted by atomic mass is 10.0. The summed E-state index contributed by atoms with van der Waals surface area (Å²) in [6, 6.07) is 22.4. The minimum atomic E-state index is 0.397. The predicted molar refractivity (Wildman–Crippen MR) is 114 cm³/mol. The maximum Gasteiger partial charge on any atom is 0.161 e. The van der Waals surface area contributed by atoms with Crippen LogP contribution in [0.3, 0.4) is 0 Å². The molecule has 0 amide bonds. The average molecular weight is 410 g/mol. The third-order valence-electron chi connectivity index (χ3n) is 4.06. The monoisotopic (exact) mass is 409 g/mol. The van der Waals surface area contributed by atoms with Gasteiger partial charge in [0.1, 0.15) is 6.61 Å². The molecule has 0 N–H and O–H groups in total. The average Bonchev–Trinajstić information content (AvgIpc) is 2.72. The van der Waals surface area contributed by atoms with Crippen LogP contribution in [-0.2, 0) is 6.61 Å². The van der Waals surface area contributed by atoms with Gasteiger partial charge in [0.05, 0.1) is 18.8 Å². The predicted octanol–water partition coefficient (Wildman–Crippen LogP) is 6.65. The Hall–Kier alpha value is -2.93. The molecule has 0 aromatic heterocycles. The molecule has 3 aromatic rings. The van der Waals surface area contributed by atoms with Crippen LogP contribution in [0.2, 0.25) is 10.0 Å². The van der Waals surface area contributed by atoms with Crippen molar-refractivity contribution in [2.45, 2.75) is 6.61 Å². The second-order valence-corrected chi connectivity index (χ2v) is 6.88. The topological polar surface area (TPSA) is 42.2 Å². The molecule has 0 aliphatic heterocycles. The fourth-order valence-corrected chi connectivity index (χ4v) is 2.95. The Bertz CT molecular complexity index is 1040. The van der Waals surface area contributed by atoms with Crippen molar-refractivity contribution in [3.63, 3.8) is 0 Å². The molecular formula is C23H17Cl2NO2.